The number of rotatable bonds is 3. The Hall–Kier alpha value is -1.36. The lowest BCUT2D eigenvalue weighted by Gasteiger charge is -2.32. The fourth-order valence-electron chi connectivity index (χ4n) is 3.01. The molecular formula is C16H20O4S. The molecule has 3 atom stereocenters. The van der Waals surface area contributed by atoms with Crippen LogP contribution in [0, 0.1) is 11.8 Å². The highest BCUT2D eigenvalue weighted by molar-refractivity contribution is 8.00. The molecule has 5 heteroatoms. The molecular weight excluding hydrogens is 288 g/mol. The van der Waals surface area contributed by atoms with Crippen LogP contribution >= 0.6 is 11.8 Å². The van der Waals surface area contributed by atoms with Crippen molar-refractivity contribution in [3.8, 4) is 11.5 Å². The number of ether oxygens (including phenoxy) is 2. The number of hydrogen-bond acceptors (Lipinski definition) is 4. The Balaban J connectivity index is 1.76. The normalized spacial score (nSPS) is 28.1. The van der Waals surface area contributed by atoms with E-state index in [4.69, 9.17) is 9.47 Å². The van der Waals surface area contributed by atoms with Crippen LogP contribution < -0.4 is 9.47 Å². The summed E-state index contributed by atoms with van der Waals surface area (Å²) in [6.45, 7) is 3.36. The SMILES string of the molecule is CC1CCC(C(=O)O)C(Sc2ccc3c(c2)OCCO3)C1. The van der Waals surface area contributed by atoms with E-state index in [2.05, 4.69) is 6.92 Å². The molecule has 0 aromatic heterocycles. The molecule has 0 bridgehead atoms. The number of carboxylic acids is 1. The Morgan fingerprint density at radius 3 is 2.76 bits per heavy atom. The van der Waals surface area contributed by atoms with Crippen molar-refractivity contribution >= 4 is 17.7 Å². The van der Waals surface area contributed by atoms with E-state index in [0.717, 1.165) is 35.7 Å². The standard InChI is InChI=1S/C16H20O4S/c1-10-2-4-12(16(17)18)15(8-10)21-11-3-5-13-14(9-11)20-7-6-19-13/h3,5,9-10,12,15H,2,4,6-8H2,1H3,(H,17,18). The number of aliphatic carboxylic acids is 1. The monoisotopic (exact) mass is 308 g/mol. The maximum atomic E-state index is 11.4. The van der Waals surface area contributed by atoms with Crippen molar-refractivity contribution in [2.45, 2.75) is 36.3 Å². The minimum atomic E-state index is -0.669. The minimum Gasteiger partial charge on any atom is -0.486 e. The Morgan fingerprint density at radius 2 is 2.00 bits per heavy atom. The van der Waals surface area contributed by atoms with Crippen LogP contribution in [0.4, 0.5) is 0 Å². The molecule has 1 aromatic rings. The Labute approximate surface area is 128 Å². The first kappa shape index (κ1) is 14.6. The molecule has 0 saturated heterocycles. The predicted molar refractivity (Wildman–Crippen MR) is 81.2 cm³/mol. The number of carbonyl (C=O) groups is 1. The summed E-state index contributed by atoms with van der Waals surface area (Å²) in [6, 6.07) is 5.88. The molecule has 114 valence electrons. The molecule has 2 aliphatic rings. The molecule has 3 rings (SSSR count). The van der Waals surface area contributed by atoms with Gasteiger partial charge in [0.1, 0.15) is 13.2 Å². The number of fused-ring (bicyclic) bond motifs is 1. The molecule has 0 spiro atoms. The van der Waals surface area contributed by atoms with E-state index >= 15 is 0 Å². The third-order valence-electron chi connectivity index (χ3n) is 4.17. The third kappa shape index (κ3) is 3.28. The van der Waals surface area contributed by atoms with Gasteiger partial charge in [-0.2, -0.15) is 0 Å². The Kier molecular flexibility index (Phi) is 4.29. The fraction of sp³-hybridized carbons (Fsp3) is 0.562. The molecule has 1 N–H and O–H groups in total. The van der Waals surface area contributed by atoms with Gasteiger partial charge in [-0.1, -0.05) is 6.92 Å². The maximum Gasteiger partial charge on any atom is 0.307 e. The van der Waals surface area contributed by atoms with Crippen molar-refractivity contribution in [1.82, 2.24) is 0 Å². The van der Waals surface area contributed by atoms with E-state index in [1.165, 1.54) is 0 Å². The van der Waals surface area contributed by atoms with Crippen LogP contribution in [0.5, 0.6) is 11.5 Å². The van der Waals surface area contributed by atoms with Crippen LogP contribution in [0.15, 0.2) is 23.1 Å². The zero-order valence-electron chi connectivity index (χ0n) is 12.1. The molecule has 21 heavy (non-hydrogen) atoms. The van der Waals surface area contributed by atoms with E-state index < -0.39 is 5.97 Å². The highest BCUT2D eigenvalue weighted by Crippen LogP contribution is 2.42. The summed E-state index contributed by atoms with van der Waals surface area (Å²) in [5.74, 6) is 1.21. The Bertz CT molecular complexity index is 531. The van der Waals surface area contributed by atoms with Gasteiger partial charge in [-0.15, -0.1) is 11.8 Å². The molecule has 0 radical (unpaired) electrons. The summed E-state index contributed by atoms with van der Waals surface area (Å²) in [4.78, 5) is 12.5. The molecule has 1 aliphatic heterocycles. The van der Waals surface area contributed by atoms with E-state index in [-0.39, 0.29) is 11.2 Å². The van der Waals surface area contributed by atoms with Gasteiger partial charge >= 0.3 is 5.97 Å². The van der Waals surface area contributed by atoms with Crippen LogP contribution in [0.25, 0.3) is 0 Å². The number of hydrogen-bond donors (Lipinski definition) is 1. The molecule has 1 saturated carbocycles. The van der Waals surface area contributed by atoms with Gasteiger partial charge in [0.25, 0.3) is 0 Å². The van der Waals surface area contributed by atoms with Crippen molar-refractivity contribution < 1.29 is 19.4 Å². The number of benzene rings is 1. The largest absolute Gasteiger partial charge is 0.486 e. The average Bonchev–Trinajstić information content (AvgIpc) is 2.47. The van der Waals surface area contributed by atoms with Crippen LogP contribution in [-0.2, 0) is 4.79 Å². The lowest BCUT2D eigenvalue weighted by molar-refractivity contribution is -0.142. The highest BCUT2D eigenvalue weighted by atomic mass is 32.2. The Morgan fingerprint density at radius 1 is 1.24 bits per heavy atom. The van der Waals surface area contributed by atoms with Crippen LogP contribution in [0.3, 0.4) is 0 Å². The third-order valence-corrected chi connectivity index (χ3v) is 5.52. The molecule has 1 heterocycles. The molecule has 3 unspecified atom stereocenters. The highest BCUT2D eigenvalue weighted by Gasteiger charge is 2.34. The maximum absolute atomic E-state index is 11.4. The zero-order valence-corrected chi connectivity index (χ0v) is 12.9. The summed E-state index contributed by atoms with van der Waals surface area (Å²) in [6.07, 6.45) is 2.74. The zero-order chi connectivity index (χ0) is 14.8. The van der Waals surface area contributed by atoms with Crippen molar-refractivity contribution in [1.29, 1.82) is 0 Å². The smallest absolute Gasteiger partial charge is 0.307 e. The number of carboxylic acid groups (broad SMARTS) is 1. The van der Waals surface area contributed by atoms with E-state index in [1.807, 2.05) is 18.2 Å². The van der Waals surface area contributed by atoms with Gasteiger partial charge in [0.2, 0.25) is 0 Å². The number of thioether (sulfide) groups is 1. The summed E-state index contributed by atoms with van der Waals surface area (Å²) >= 11 is 1.66. The van der Waals surface area contributed by atoms with Gasteiger partial charge in [0, 0.05) is 10.1 Å². The van der Waals surface area contributed by atoms with Gasteiger partial charge < -0.3 is 14.6 Å². The van der Waals surface area contributed by atoms with Crippen LogP contribution in [-0.4, -0.2) is 29.5 Å². The fourth-order valence-corrected chi connectivity index (χ4v) is 4.53. The quantitative estimate of drug-likeness (QED) is 0.927. The van der Waals surface area contributed by atoms with E-state index in [0.29, 0.717) is 19.1 Å². The summed E-state index contributed by atoms with van der Waals surface area (Å²) in [7, 11) is 0. The second kappa shape index (κ2) is 6.18. The first-order chi connectivity index (χ1) is 10.1. The second-order valence-corrected chi connectivity index (χ2v) is 7.14. The van der Waals surface area contributed by atoms with Crippen molar-refractivity contribution in [3.05, 3.63) is 18.2 Å². The molecule has 1 aromatic carbocycles. The topological polar surface area (TPSA) is 55.8 Å². The first-order valence-corrected chi connectivity index (χ1v) is 8.30. The first-order valence-electron chi connectivity index (χ1n) is 7.42. The summed E-state index contributed by atoms with van der Waals surface area (Å²) in [5, 5.41) is 9.54. The average molecular weight is 308 g/mol. The van der Waals surface area contributed by atoms with Crippen molar-refractivity contribution in [2.75, 3.05) is 13.2 Å². The van der Waals surface area contributed by atoms with Gasteiger partial charge in [-0.05, 0) is 43.4 Å². The lowest BCUT2D eigenvalue weighted by atomic mass is 9.82. The summed E-state index contributed by atoms with van der Waals surface area (Å²) in [5.41, 5.74) is 0. The minimum absolute atomic E-state index is 0.133. The molecule has 1 aliphatic carbocycles. The summed E-state index contributed by atoms with van der Waals surface area (Å²) < 4.78 is 11.1. The predicted octanol–water partition coefficient (Wildman–Crippen LogP) is 3.44. The second-order valence-electron chi connectivity index (χ2n) is 5.82. The van der Waals surface area contributed by atoms with Crippen LogP contribution in [0.1, 0.15) is 26.2 Å². The molecule has 1 fully saturated rings. The van der Waals surface area contributed by atoms with Gasteiger partial charge in [0.15, 0.2) is 11.5 Å². The van der Waals surface area contributed by atoms with Gasteiger partial charge in [0.05, 0.1) is 5.92 Å². The molecule has 0 amide bonds. The van der Waals surface area contributed by atoms with Crippen LogP contribution in [0.2, 0.25) is 0 Å². The van der Waals surface area contributed by atoms with Crippen molar-refractivity contribution in [3.63, 3.8) is 0 Å². The van der Waals surface area contributed by atoms with E-state index in [9.17, 15) is 9.90 Å². The molecule has 4 nitrogen and oxygen atoms in total. The van der Waals surface area contributed by atoms with Gasteiger partial charge in [-0.3, -0.25) is 4.79 Å². The van der Waals surface area contributed by atoms with Crippen molar-refractivity contribution in [2.24, 2.45) is 11.8 Å². The van der Waals surface area contributed by atoms with E-state index in [1.54, 1.807) is 11.8 Å². The lowest BCUT2D eigenvalue weighted by Crippen LogP contribution is -2.32. The van der Waals surface area contributed by atoms with Gasteiger partial charge in [-0.25, -0.2) is 0 Å².